The van der Waals surface area contributed by atoms with Gasteiger partial charge in [0.05, 0.1) is 23.9 Å². The van der Waals surface area contributed by atoms with Gasteiger partial charge in [-0.25, -0.2) is 9.78 Å². The average Bonchev–Trinajstić information content (AvgIpc) is 3.14. The number of methoxy groups -OCH3 is 1. The molecule has 0 saturated carbocycles. The van der Waals surface area contributed by atoms with Crippen molar-refractivity contribution in [1.82, 2.24) is 14.5 Å². The molecular formula is C21H25N5O4S. The molecule has 0 aliphatic rings. The summed E-state index contributed by atoms with van der Waals surface area (Å²) >= 11 is 1.28. The molecule has 31 heavy (non-hydrogen) atoms. The molecule has 0 fully saturated rings. The van der Waals surface area contributed by atoms with Gasteiger partial charge in [0, 0.05) is 13.7 Å². The summed E-state index contributed by atoms with van der Waals surface area (Å²) in [6.07, 6.45) is 0.696. The van der Waals surface area contributed by atoms with Crippen molar-refractivity contribution >= 4 is 28.7 Å². The maximum Gasteiger partial charge on any atom is 0.330 e. The molecule has 0 aliphatic carbocycles. The lowest BCUT2D eigenvalue weighted by molar-refractivity contribution is 0.0978. The number of benzene rings is 1. The minimum absolute atomic E-state index is 0.0802. The summed E-state index contributed by atoms with van der Waals surface area (Å²) in [5, 5.41) is 0.823. The Morgan fingerprint density at radius 3 is 2.61 bits per heavy atom. The van der Waals surface area contributed by atoms with E-state index in [2.05, 4.69) is 9.97 Å². The van der Waals surface area contributed by atoms with Gasteiger partial charge in [0.1, 0.15) is 10.7 Å². The first kappa shape index (κ1) is 22.4. The third-order valence-corrected chi connectivity index (χ3v) is 6.06. The number of ether oxygens (including phenoxy) is 1. The fraction of sp³-hybridized carbons (Fsp3) is 0.333. The fourth-order valence-electron chi connectivity index (χ4n) is 3.18. The first-order valence-electron chi connectivity index (χ1n) is 9.81. The topological polar surface area (TPSA) is 123 Å². The maximum atomic E-state index is 13.4. The molecule has 0 unspecified atom stereocenters. The van der Waals surface area contributed by atoms with E-state index in [1.165, 1.54) is 27.9 Å². The average molecular weight is 444 g/mol. The second-order valence-corrected chi connectivity index (χ2v) is 7.97. The summed E-state index contributed by atoms with van der Waals surface area (Å²) in [6, 6.07) is 9.24. The van der Waals surface area contributed by atoms with Crippen LogP contribution in [0.4, 0.5) is 11.5 Å². The third kappa shape index (κ3) is 4.75. The van der Waals surface area contributed by atoms with Crippen molar-refractivity contribution in [3.8, 4) is 0 Å². The first-order chi connectivity index (χ1) is 14.9. The van der Waals surface area contributed by atoms with Crippen LogP contribution in [0.25, 0.3) is 0 Å². The van der Waals surface area contributed by atoms with Crippen LogP contribution in [-0.2, 0) is 17.7 Å². The Morgan fingerprint density at radius 1 is 1.29 bits per heavy atom. The molecule has 9 nitrogen and oxygen atoms in total. The van der Waals surface area contributed by atoms with Crippen LogP contribution in [0.5, 0.6) is 0 Å². The number of aromatic nitrogens is 3. The number of amides is 1. The van der Waals surface area contributed by atoms with E-state index in [-0.39, 0.29) is 31.2 Å². The predicted octanol–water partition coefficient (Wildman–Crippen LogP) is 1.79. The lowest BCUT2D eigenvalue weighted by Crippen LogP contribution is -2.42. The molecule has 2 aromatic heterocycles. The van der Waals surface area contributed by atoms with E-state index in [0.717, 1.165) is 10.6 Å². The number of nitrogens with one attached hydrogen (secondary N) is 1. The number of rotatable bonds is 8. The largest absolute Gasteiger partial charge is 0.383 e. The molecule has 10 heteroatoms. The van der Waals surface area contributed by atoms with E-state index in [9.17, 15) is 14.4 Å². The lowest BCUT2D eigenvalue weighted by atomic mass is 10.2. The summed E-state index contributed by atoms with van der Waals surface area (Å²) in [5.74, 6) is -0.492. The van der Waals surface area contributed by atoms with Crippen molar-refractivity contribution in [2.24, 2.45) is 0 Å². The van der Waals surface area contributed by atoms with Crippen LogP contribution in [0, 0.1) is 6.92 Å². The van der Waals surface area contributed by atoms with E-state index in [1.54, 1.807) is 6.92 Å². The molecule has 0 bridgehead atoms. The van der Waals surface area contributed by atoms with Gasteiger partial charge in [-0.15, -0.1) is 11.3 Å². The van der Waals surface area contributed by atoms with Crippen LogP contribution in [-0.4, -0.2) is 40.7 Å². The highest BCUT2D eigenvalue weighted by atomic mass is 32.1. The van der Waals surface area contributed by atoms with Crippen LogP contribution in [0.15, 0.2) is 39.9 Å². The summed E-state index contributed by atoms with van der Waals surface area (Å²) in [6.45, 7) is 4.13. The number of hydrogen-bond donors (Lipinski definition) is 2. The number of aryl methyl sites for hydroxylation is 2. The van der Waals surface area contributed by atoms with Gasteiger partial charge in [-0.1, -0.05) is 37.3 Å². The second kappa shape index (κ2) is 9.71. The minimum atomic E-state index is -0.728. The number of anilines is 2. The zero-order chi connectivity index (χ0) is 22.5. The molecule has 0 atom stereocenters. The van der Waals surface area contributed by atoms with Gasteiger partial charge in [-0.3, -0.25) is 24.0 Å². The molecule has 3 N–H and O–H groups in total. The van der Waals surface area contributed by atoms with Crippen molar-refractivity contribution in [3.63, 3.8) is 0 Å². The van der Waals surface area contributed by atoms with E-state index in [1.807, 2.05) is 37.3 Å². The first-order valence-corrected chi connectivity index (χ1v) is 10.6. The number of carbonyl (C=O) groups is 1. The Hall–Kier alpha value is -3.24. The monoisotopic (exact) mass is 443 g/mol. The molecule has 0 aliphatic heterocycles. The molecule has 0 radical (unpaired) electrons. The number of hydrogen-bond acceptors (Lipinski definition) is 7. The van der Waals surface area contributed by atoms with Crippen LogP contribution < -0.4 is 21.9 Å². The zero-order valence-corrected chi connectivity index (χ0v) is 18.5. The highest BCUT2D eigenvalue weighted by Crippen LogP contribution is 2.25. The standard InChI is InChI=1S/C21H25N5O4S/c1-4-15-23-13(2)17(31-15)20(28)25(10-11-30-3)16-18(22)26(21(29)24-19(16)27)12-14-8-6-5-7-9-14/h5-9H,4,10-12,22H2,1-3H3,(H,24,27,29). The van der Waals surface area contributed by atoms with E-state index < -0.39 is 17.2 Å². The van der Waals surface area contributed by atoms with Gasteiger partial charge in [0.15, 0.2) is 5.69 Å². The quantitative estimate of drug-likeness (QED) is 0.547. The van der Waals surface area contributed by atoms with E-state index >= 15 is 0 Å². The van der Waals surface area contributed by atoms with Gasteiger partial charge < -0.3 is 10.5 Å². The molecule has 0 saturated heterocycles. The van der Waals surface area contributed by atoms with Gasteiger partial charge in [0.2, 0.25) is 0 Å². The van der Waals surface area contributed by atoms with Gasteiger partial charge >= 0.3 is 5.69 Å². The van der Waals surface area contributed by atoms with Crippen molar-refractivity contribution < 1.29 is 9.53 Å². The number of thiazole rings is 1. The summed E-state index contributed by atoms with van der Waals surface area (Å²) < 4.78 is 6.38. The van der Waals surface area contributed by atoms with Crippen LogP contribution >= 0.6 is 11.3 Å². The molecule has 0 spiro atoms. The van der Waals surface area contributed by atoms with Gasteiger partial charge in [-0.05, 0) is 18.9 Å². The maximum absolute atomic E-state index is 13.4. The van der Waals surface area contributed by atoms with Crippen molar-refractivity contribution in [2.45, 2.75) is 26.8 Å². The normalized spacial score (nSPS) is 10.9. The number of nitrogen functional groups attached to an aromatic ring is 1. The number of nitrogens with two attached hydrogens (primary N) is 1. The third-order valence-electron chi connectivity index (χ3n) is 4.77. The Bertz CT molecular complexity index is 1180. The Balaban J connectivity index is 2.11. The van der Waals surface area contributed by atoms with Gasteiger partial charge in [-0.2, -0.15) is 0 Å². The number of nitrogens with zero attached hydrogens (tertiary/aromatic N) is 3. The summed E-state index contributed by atoms with van der Waals surface area (Å²) in [7, 11) is 1.50. The van der Waals surface area contributed by atoms with Crippen LogP contribution in [0.1, 0.15) is 32.9 Å². The van der Waals surface area contributed by atoms with E-state index in [4.69, 9.17) is 10.5 Å². The van der Waals surface area contributed by atoms with Crippen molar-refractivity contribution in [3.05, 3.63) is 72.3 Å². The Kier molecular flexibility index (Phi) is 7.03. The fourth-order valence-corrected chi connectivity index (χ4v) is 4.14. The Labute approximate surface area is 183 Å². The predicted molar refractivity (Wildman–Crippen MR) is 121 cm³/mol. The van der Waals surface area contributed by atoms with Crippen LogP contribution in [0.2, 0.25) is 0 Å². The highest BCUT2D eigenvalue weighted by molar-refractivity contribution is 7.13. The Morgan fingerprint density at radius 2 is 2.00 bits per heavy atom. The van der Waals surface area contributed by atoms with E-state index in [0.29, 0.717) is 17.0 Å². The number of H-pyrrole nitrogens is 1. The van der Waals surface area contributed by atoms with Gasteiger partial charge in [0.25, 0.3) is 11.5 Å². The highest BCUT2D eigenvalue weighted by Gasteiger charge is 2.28. The van der Waals surface area contributed by atoms with Crippen molar-refractivity contribution in [1.29, 1.82) is 0 Å². The zero-order valence-electron chi connectivity index (χ0n) is 17.7. The molecule has 2 heterocycles. The SMILES string of the molecule is CCc1nc(C)c(C(=O)N(CCOC)c2c(N)n(Cc3ccccc3)c(=O)[nH]c2=O)s1. The smallest absolute Gasteiger partial charge is 0.330 e. The minimum Gasteiger partial charge on any atom is -0.383 e. The number of carbonyl (C=O) groups excluding carboxylic acids is 1. The lowest BCUT2D eigenvalue weighted by Gasteiger charge is -2.24. The molecule has 1 aromatic carbocycles. The molecule has 164 valence electrons. The molecular weight excluding hydrogens is 418 g/mol. The molecule has 3 aromatic rings. The second-order valence-electron chi connectivity index (χ2n) is 6.89. The molecule has 3 rings (SSSR count). The van der Waals surface area contributed by atoms with Crippen LogP contribution in [0.3, 0.4) is 0 Å². The van der Waals surface area contributed by atoms with Crippen molar-refractivity contribution in [2.75, 3.05) is 30.9 Å². The molecule has 1 amide bonds. The number of aromatic amines is 1. The summed E-state index contributed by atoms with van der Waals surface area (Å²) in [5.41, 5.74) is 6.25. The summed E-state index contributed by atoms with van der Waals surface area (Å²) in [4.78, 5) is 47.0.